The van der Waals surface area contributed by atoms with E-state index in [1.54, 1.807) is 6.26 Å². The van der Waals surface area contributed by atoms with Crippen molar-refractivity contribution in [3.05, 3.63) is 24.2 Å². The first kappa shape index (κ1) is 14.3. The lowest BCUT2D eigenvalue weighted by molar-refractivity contribution is -0.0772. The van der Waals surface area contributed by atoms with Crippen LogP contribution in [0.3, 0.4) is 0 Å². The van der Waals surface area contributed by atoms with E-state index in [-0.39, 0.29) is 11.6 Å². The van der Waals surface area contributed by atoms with Crippen LogP contribution in [-0.2, 0) is 4.74 Å². The molecule has 0 fully saturated rings. The number of nitrogens with one attached hydrogen (secondary N) is 1. The molecule has 0 spiro atoms. The van der Waals surface area contributed by atoms with Crippen LogP contribution >= 0.6 is 0 Å². The maximum Gasteiger partial charge on any atom is 0.123 e. The van der Waals surface area contributed by atoms with Crippen molar-refractivity contribution < 1.29 is 9.15 Å². The van der Waals surface area contributed by atoms with Gasteiger partial charge in [-0.05, 0) is 38.4 Å². The van der Waals surface area contributed by atoms with Crippen LogP contribution in [0.25, 0.3) is 0 Å². The first-order valence-corrected chi connectivity index (χ1v) is 6.64. The molecule has 0 radical (unpaired) electrons. The molecule has 1 heterocycles. The van der Waals surface area contributed by atoms with Gasteiger partial charge in [0.15, 0.2) is 0 Å². The summed E-state index contributed by atoms with van der Waals surface area (Å²) in [7, 11) is 0. The van der Waals surface area contributed by atoms with Gasteiger partial charge in [0.25, 0.3) is 0 Å². The summed E-state index contributed by atoms with van der Waals surface area (Å²) in [5.41, 5.74) is -0.178. The highest BCUT2D eigenvalue weighted by atomic mass is 16.5. The zero-order valence-electron chi connectivity index (χ0n) is 11.5. The Kier molecular flexibility index (Phi) is 5.72. The molecule has 3 heteroatoms. The van der Waals surface area contributed by atoms with Gasteiger partial charge in [0.2, 0.25) is 0 Å². The number of likely N-dealkylation sites (N-methyl/N-ethyl adjacent to an activating group) is 1. The summed E-state index contributed by atoms with van der Waals surface area (Å²) in [6.07, 6.45) is 3.66. The lowest BCUT2D eigenvalue weighted by atomic mass is 9.86. The fraction of sp³-hybridized carbons (Fsp3) is 0.714. The minimum Gasteiger partial charge on any atom is -0.468 e. The van der Waals surface area contributed by atoms with Crippen molar-refractivity contribution in [1.29, 1.82) is 0 Å². The molecule has 1 aromatic heterocycles. The third kappa shape index (κ3) is 3.11. The van der Waals surface area contributed by atoms with Gasteiger partial charge in [-0.25, -0.2) is 0 Å². The predicted octanol–water partition coefficient (Wildman–Crippen LogP) is 3.53. The van der Waals surface area contributed by atoms with Crippen LogP contribution in [-0.4, -0.2) is 18.8 Å². The van der Waals surface area contributed by atoms with Crippen LogP contribution in [0, 0.1) is 0 Å². The quantitative estimate of drug-likeness (QED) is 0.753. The van der Waals surface area contributed by atoms with Crippen LogP contribution in [0.4, 0.5) is 0 Å². The first-order valence-electron chi connectivity index (χ1n) is 6.64. The Bertz CT molecular complexity index is 291. The Morgan fingerprint density at radius 1 is 1.29 bits per heavy atom. The highest BCUT2D eigenvalue weighted by molar-refractivity contribution is 5.11. The summed E-state index contributed by atoms with van der Waals surface area (Å²) in [6, 6.07) is 4.08. The molecule has 1 rings (SSSR count). The molecule has 1 aromatic rings. The van der Waals surface area contributed by atoms with Crippen LogP contribution < -0.4 is 5.32 Å². The SMILES string of the molecule is CCNC(c1ccco1)C(CC)(CC)OCC. The molecule has 98 valence electrons. The largest absolute Gasteiger partial charge is 0.468 e. The van der Waals surface area contributed by atoms with Gasteiger partial charge in [-0.3, -0.25) is 0 Å². The van der Waals surface area contributed by atoms with Crippen LogP contribution in [0.15, 0.2) is 22.8 Å². The molecule has 0 amide bonds. The van der Waals surface area contributed by atoms with Gasteiger partial charge >= 0.3 is 0 Å². The Morgan fingerprint density at radius 3 is 2.41 bits per heavy atom. The molecule has 0 aliphatic carbocycles. The van der Waals surface area contributed by atoms with E-state index in [1.807, 2.05) is 19.1 Å². The molecule has 0 aliphatic heterocycles. The summed E-state index contributed by atoms with van der Waals surface area (Å²) < 4.78 is 11.6. The summed E-state index contributed by atoms with van der Waals surface area (Å²) in [4.78, 5) is 0. The molecule has 17 heavy (non-hydrogen) atoms. The fourth-order valence-electron chi connectivity index (χ4n) is 2.44. The molecule has 1 atom stereocenters. The van der Waals surface area contributed by atoms with Gasteiger partial charge in [-0.2, -0.15) is 0 Å². The molecular formula is C14H25NO2. The van der Waals surface area contributed by atoms with Crippen molar-refractivity contribution in [3.63, 3.8) is 0 Å². The normalized spacial score (nSPS) is 13.9. The van der Waals surface area contributed by atoms with Gasteiger partial charge in [-0.15, -0.1) is 0 Å². The summed E-state index contributed by atoms with van der Waals surface area (Å²) >= 11 is 0. The highest BCUT2D eigenvalue weighted by Gasteiger charge is 2.38. The van der Waals surface area contributed by atoms with Gasteiger partial charge in [0, 0.05) is 6.61 Å². The van der Waals surface area contributed by atoms with Gasteiger partial charge < -0.3 is 14.5 Å². The number of furan rings is 1. The smallest absolute Gasteiger partial charge is 0.123 e. The monoisotopic (exact) mass is 239 g/mol. The van der Waals surface area contributed by atoms with Crippen LogP contribution in [0.2, 0.25) is 0 Å². The van der Waals surface area contributed by atoms with E-state index in [2.05, 4.69) is 26.1 Å². The van der Waals surface area contributed by atoms with Crippen LogP contribution in [0.1, 0.15) is 52.3 Å². The van der Waals surface area contributed by atoms with Gasteiger partial charge in [-0.1, -0.05) is 20.8 Å². The third-order valence-electron chi connectivity index (χ3n) is 3.39. The number of hydrogen-bond donors (Lipinski definition) is 1. The average molecular weight is 239 g/mol. The van der Waals surface area contributed by atoms with Crippen molar-refractivity contribution in [1.82, 2.24) is 5.32 Å². The van der Waals surface area contributed by atoms with E-state index in [1.165, 1.54) is 0 Å². The second-order valence-corrected chi connectivity index (χ2v) is 4.21. The maximum absolute atomic E-state index is 6.04. The Labute approximate surface area is 105 Å². The van der Waals surface area contributed by atoms with Crippen molar-refractivity contribution in [2.45, 2.75) is 52.2 Å². The Hall–Kier alpha value is -0.800. The first-order chi connectivity index (χ1) is 8.24. The van der Waals surface area contributed by atoms with E-state index >= 15 is 0 Å². The minimum absolute atomic E-state index is 0.123. The zero-order valence-corrected chi connectivity index (χ0v) is 11.5. The van der Waals surface area contributed by atoms with Gasteiger partial charge in [0.05, 0.1) is 17.9 Å². The predicted molar refractivity (Wildman–Crippen MR) is 70.1 cm³/mol. The van der Waals surface area contributed by atoms with Crippen molar-refractivity contribution in [2.75, 3.05) is 13.2 Å². The summed E-state index contributed by atoms with van der Waals surface area (Å²) in [5, 5.41) is 3.49. The van der Waals surface area contributed by atoms with E-state index in [4.69, 9.17) is 9.15 Å². The zero-order chi connectivity index (χ0) is 12.7. The van der Waals surface area contributed by atoms with Crippen molar-refractivity contribution in [2.24, 2.45) is 0 Å². The number of rotatable bonds is 8. The fourth-order valence-corrected chi connectivity index (χ4v) is 2.44. The molecule has 0 aromatic carbocycles. The number of hydrogen-bond acceptors (Lipinski definition) is 3. The van der Waals surface area contributed by atoms with E-state index < -0.39 is 0 Å². The van der Waals surface area contributed by atoms with Crippen molar-refractivity contribution >= 4 is 0 Å². The Balaban J connectivity index is 3.00. The summed E-state index contributed by atoms with van der Waals surface area (Å²) in [6.45, 7) is 10.1. The average Bonchev–Trinajstić information content (AvgIpc) is 2.87. The molecule has 0 saturated carbocycles. The molecular weight excluding hydrogens is 214 g/mol. The molecule has 0 saturated heterocycles. The molecule has 1 unspecified atom stereocenters. The molecule has 1 N–H and O–H groups in total. The van der Waals surface area contributed by atoms with Gasteiger partial charge in [0.1, 0.15) is 5.76 Å². The minimum atomic E-state index is -0.178. The van der Waals surface area contributed by atoms with Crippen molar-refractivity contribution in [3.8, 4) is 0 Å². The molecule has 0 bridgehead atoms. The Morgan fingerprint density at radius 2 is 2.00 bits per heavy atom. The van der Waals surface area contributed by atoms with E-state index in [0.717, 1.165) is 31.8 Å². The van der Waals surface area contributed by atoms with E-state index in [9.17, 15) is 0 Å². The lowest BCUT2D eigenvalue weighted by Gasteiger charge is -2.38. The second kappa shape index (κ2) is 6.82. The second-order valence-electron chi connectivity index (χ2n) is 4.21. The maximum atomic E-state index is 6.04. The topological polar surface area (TPSA) is 34.4 Å². The molecule has 3 nitrogen and oxygen atoms in total. The summed E-state index contributed by atoms with van der Waals surface area (Å²) in [5.74, 6) is 0.962. The van der Waals surface area contributed by atoms with E-state index in [0.29, 0.717) is 0 Å². The lowest BCUT2D eigenvalue weighted by Crippen LogP contribution is -2.45. The number of ether oxygens (including phenoxy) is 1. The molecule has 0 aliphatic rings. The third-order valence-corrected chi connectivity index (χ3v) is 3.39. The van der Waals surface area contributed by atoms with Crippen LogP contribution in [0.5, 0.6) is 0 Å². The standard InChI is InChI=1S/C14H25NO2/c1-5-14(6-2,17-8-4)13(15-7-3)12-10-9-11-16-12/h9-11,13,15H,5-8H2,1-4H3. The highest BCUT2D eigenvalue weighted by Crippen LogP contribution is 2.35.